The smallest absolute Gasteiger partial charge is 0.136 e. The zero-order valence-electron chi connectivity index (χ0n) is 9.69. The van der Waals surface area contributed by atoms with Crippen molar-refractivity contribution in [1.29, 1.82) is 0 Å². The van der Waals surface area contributed by atoms with Gasteiger partial charge in [0.1, 0.15) is 10.8 Å². The molecule has 17 heavy (non-hydrogen) atoms. The fourth-order valence-corrected chi connectivity index (χ4v) is 3.33. The Morgan fingerprint density at radius 2 is 2.47 bits per heavy atom. The molecule has 0 saturated carbocycles. The lowest BCUT2D eigenvalue weighted by Gasteiger charge is -2.22. The zero-order valence-corrected chi connectivity index (χ0v) is 11.3. The van der Waals surface area contributed by atoms with Gasteiger partial charge in [-0.1, -0.05) is 18.6 Å². The summed E-state index contributed by atoms with van der Waals surface area (Å²) in [5.41, 5.74) is 6.51. The molecule has 5 heteroatoms. The number of aromatic nitrogens is 1. The number of thiocarbonyl (C=S) groups is 1. The van der Waals surface area contributed by atoms with Crippen LogP contribution in [0, 0.1) is 0 Å². The van der Waals surface area contributed by atoms with Crippen LogP contribution in [0.2, 0.25) is 0 Å². The highest BCUT2D eigenvalue weighted by molar-refractivity contribution is 7.99. The van der Waals surface area contributed by atoms with Gasteiger partial charge in [0, 0.05) is 18.0 Å². The minimum Gasteiger partial charge on any atom is -0.389 e. The molecule has 1 unspecified atom stereocenters. The number of thioether (sulfide) groups is 1. The quantitative estimate of drug-likeness (QED) is 0.821. The lowest BCUT2D eigenvalue weighted by Crippen LogP contribution is -2.22. The summed E-state index contributed by atoms with van der Waals surface area (Å²) in [5, 5.41) is 4.05. The first kappa shape index (κ1) is 12.6. The molecule has 0 radical (unpaired) electrons. The standard InChI is InChI=1S/C12H17N3S2/c13-11(16)10-5-3-6-14-12(10)15-8-9-4-1-2-7-17-9/h3,5-6,9H,1-2,4,7-8H2,(H2,13,16)(H,14,15). The van der Waals surface area contributed by atoms with E-state index in [-0.39, 0.29) is 0 Å². The Balaban J connectivity index is 1.96. The molecule has 1 saturated heterocycles. The molecule has 0 amide bonds. The Morgan fingerprint density at radius 3 is 3.18 bits per heavy atom. The molecule has 1 aliphatic heterocycles. The third kappa shape index (κ3) is 3.57. The second kappa shape index (κ2) is 6.21. The molecule has 1 atom stereocenters. The Morgan fingerprint density at radius 1 is 1.59 bits per heavy atom. The third-order valence-corrected chi connectivity index (χ3v) is 4.46. The molecule has 3 nitrogen and oxygen atoms in total. The predicted molar refractivity (Wildman–Crippen MR) is 78.7 cm³/mol. The van der Waals surface area contributed by atoms with Gasteiger partial charge in [0.25, 0.3) is 0 Å². The Kier molecular flexibility index (Phi) is 4.62. The van der Waals surface area contributed by atoms with E-state index in [1.807, 2.05) is 23.9 Å². The maximum absolute atomic E-state index is 5.67. The molecule has 1 aromatic rings. The van der Waals surface area contributed by atoms with Crippen LogP contribution in [0.25, 0.3) is 0 Å². The first-order chi connectivity index (χ1) is 8.27. The monoisotopic (exact) mass is 267 g/mol. The Hall–Kier alpha value is -0.810. The molecule has 0 aromatic carbocycles. The number of nitrogens with one attached hydrogen (secondary N) is 1. The molecule has 2 rings (SSSR count). The van der Waals surface area contributed by atoms with E-state index in [1.165, 1.54) is 25.0 Å². The summed E-state index contributed by atoms with van der Waals surface area (Å²) in [5.74, 6) is 2.09. The summed E-state index contributed by atoms with van der Waals surface area (Å²) in [6, 6.07) is 3.76. The summed E-state index contributed by atoms with van der Waals surface area (Å²) < 4.78 is 0. The molecule has 1 aliphatic rings. The number of anilines is 1. The SMILES string of the molecule is NC(=S)c1cccnc1NCC1CCCCS1. The number of nitrogens with zero attached hydrogens (tertiary/aromatic N) is 1. The van der Waals surface area contributed by atoms with Crippen molar-refractivity contribution in [3.63, 3.8) is 0 Å². The van der Waals surface area contributed by atoms with Crippen LogP contribution in [0.5, 0.6) is 0 Å². The maximum atomic E-state index is 5.67. The van der Waals surface area contributed by atoms with E-state index in [4.69, 9.17) is 18.0 Å². The van der Waals surface area contributed by atoms with E-state index in [0.717, 1.165) is 17.9 Å². The van der Waals surface area contributed by atoms with Gasteiger partial charge in [-0.3, -0.25) is 0 Å². The van der Waals surface area contributed by atoms with Gasteiger partial charge in [-0.15, -0.1) is 0 Å². The van der Waals surface area contributed by atoms with Crippen molar-refractivity contribution in [2.24, 2.45) is 5.73 Å². The predicted octanol–water partition coefficient (Wildman–Crippen LogP) is 2.41. The fraction of sp³-hybridized carbons (Fsp3) is 0.500. The lowest BCUT2D eigenvalue weighted by atomic mass is 10.2. The van der Waals surface area contributed by atoms with E-state index in [9.17, 15) is 0 Å². The fourth-order valence-electron chi connectivity index (χ4n) is 1.92. The van der Waals surface area contributed by atoms with Crippen LogP contribution in [-0.4, -0.2) is 27.5 Å². The molecule has 92 valence electrons. The van der Waals surface area contributed by atoms with Gasteiger partial charge in [-0.05, 0) is 30.7 Å². The molecule has 2 heterocycles. The topological polar surface area (TPSA) is 50.9 Å². The number of pyridine rings is 1. The van der Waals surface area contributed by atoms with Crippen molar-refractivity contribution in [1.82, 2.24) is 4.98 Å². The van der Waals surface area contributed by atoms with Crippen LogP contribution in [0.4, 0.5) is 5.82 Å². The third-order valence-electron chi connectivity index (χ3n) is 2.84. The highest BCUT2D eigenvalue weighted by Gasteiger charge is 2.14. The minimum atomic E-state index is 0.400. The molecular formula is C12H17N3S2. The summed E-state index contributed by atoms with van der Waals surface area (Å²) in [7, 11) is 0. The van der Waals surface area contributed by atoms with Gasteiger partial charge in [-0.25, -0.2) is 4.98 Å². The first-order valence-corrected chi connectivity index (χ1v) is 7.33. The average Bonchev–Trinajstić information content (AvgIpc) is 2.38. The highest BCUT2D eigenvalue weighted by Crippen LogP contribution is 2.25. The second-order valence-corrected chi connectivity index (χ2v) is 5.98. The molecule has 3 N–H and O–H groups in total. The molecule has 0 spiro atoms. The van der Waals surface area contributed by atoms with Crippen LogP contribution in [0.1, 0.15) is 24.8 Å². The van der Waals surface area contributed by atoms with Gasteiger partial charge < -0.3 is 11.1 Å². The molecule has 0 aliphatic carbocycles. The van der Waals surface area contributed by atoms with E-state index in [1.54, 1.807) is 6.20 Å². The minimum absolute atomic E-state index is 0.400. The van der Waals surface area contributed by atoms with E-state index >= 15 is 0 Å². The van der Waals surface area contributed by atoms with Crippen LogP contribution in [0.3, 0.4) is 0 Å². The van der Waals surface area contributed by atoms with Crippen molar-refractivity contribution in [2.45, 2.75) is 24.5 Å². The summed E-state index contributed by atoms with van der Waals surface area (Å²) in [4.78, 5) is 4.70. The first-order valence-electron chi connectivity index (χ1n) is 5.87. The van der Waals surface area contributed by atoms with Gasteiger partial charge >= 0.3 is 0 Å². The highest BCUT2D eigenvalue weighted by atomic mass is 32.2. The Labute approximate surface area is 112 Å². The number of hydrogen-bond acceptors (Lipinski definition) is 4. The summed E-state index contributed by atoms with van der Waals surface area (Å²) >= 11 is 7.06. The second-order valence-electron chi connectivity index (χ2n) is 4.13. The zero-order chi connectivity index (χ0) is 12.1. The van der Waals surface area contributed by atoms with E-state index in [0.29, 0.717) is 10.2 Å². The van der Waals surface area contributed by atoms with Crippen LogP contribution in [-0.2, 0) is 0 Å². The molecule has 1 fully saturated rings. The van der Waals surface area contributed by atoms with Crippen molar-refractivity contribution < 1.29 is 0 Å². The summed E-state index contributed by atoms with van der Waals surface area (Å²) in [6.07, 6.45) is 5.73. The van der Waals surface area contributed by atoms with Gasteiger partial charge in [-0.2, -0.15) is 11.8 Å². The molecule has 1 aromatic heterocycles. The largest absolute Gasteiger partial charge is 0.389 e. The summed E-state index contributed by atoms with van der Waals surface area (Å²) in [6.45, 7) is 0.942. The van der Waals surface area contributed by atoms with Crippen molar-refractivity contribution >= 4 is 34.8 Å². The van der Waals surface area contributed by atoms with Crippen LogP contribution < -0.4 is 11.1 Å². The van der Waals surface area contributed by atoms with Crippen molar-refractivity contribution in [3.05, 3.63) is 23.9 Å². The van der Waals surface area contributed by atoms with E-state index in [2.05, 4.69) is 10.3 Å². The Bertz CT molecular complexity index is 389. The normalized spacial score (nSPS) is 19.9. The lowest BCUT2D eigenvalue weighted by molar-refractivity contribution is 0.677. The van der Waals surface area contributed by atoms with Crippen molar-refractivity contribution in [3.8, 4) is 0 Å². The number of hydrogen-bond donors (Lipinski definition) is 2. The van der Waals surface area contributed by atoms with E-state index < -0.39 is 0 Å². The van der Waals surface area contributed by atoms with Crippen LogP contribution >= 0.6 is 24.0 Å². The van der Waals surface area contributed by atoms with Gasteiger partial charge in [0.2, 0.25) is 0 Å². The van der Waals surface area contributed by atoms with Gasteiger partial charge in [0.05, 0.1) is 5.56 Å². The maximum Gasteiger partial charge on any atom is 0.136 e. The number of nitrogens with two attached hydrogens (primary N) is 1. The molecule has 0 bridgehead atoms. The molecular weight excluding hydrogens is 250 g/mol. The van der Waals surface area contributed by atoms with Crippen LogP contribution in [0.15, 0.2) is 18.3 Å². The average molecular weight is 267 g/mol. The van der Waals surface area contributed by atoms with Gasteiger partial charge in [0.15, 0.2) is 0 Å². The number of rotatable bonds is 4. The van der Waals surface area contributed by atoms with Crippen molar-refractivity contribution in [2.75, 3.05) is 17.6 Å².